The largest absolute Gasteiger partial charge is 0.464 e. The summed E-state index contributed by atoms with van der Waals surface area (Å²) in [4.78, 5) is 12.3. The van der Waals surface area contributed by atoms with E-state index in [0.29, 0.717) is 13.0 Å². The third-order valence-corrected chi connectivity index (χ3v) is 5.01. The maximum absolute atomic E-state index is 12.3. The van der Waals surface area contributed by atoms with Crippen molar-refractivity contribution in [1.29, 1.82) is 0 Å². The highest BCUT2D eigenvalue weighted by Crippen LogP contribution is 2.25. The molecule has 128 valence electrons. The zero-order valence-electron chi connectivity index (χ0n) is 14.6. The van der Waals surface area contributed by atoms with Crippen LogP contribution in [0.5, 0.6) is 0 Å². The molecule has 1 aliphatic rings. The minimum absolute atomic E-state index is 0.0135. The molecule has 0 spiro atoms. The number of hydrogen-bond acceptors (Lipinski definition) is 3. The van der Waals surface area contributed by atoms with Crippen LogP contribution in [-0.4, -0.2) is 5.91 Å². The monoisotopic (exact) mass is 334 g/mol. The molecule has 2 aromatic carbocycles. The predicted octanol–water partition coefficient (Wildman–Crippen LogP) is 3.51. The van der Waals surface area contributed by atoms with Gasteiger partial charge in [-0.25, -0.2) is 0 Å². The van der Waals surface area contributed by atoms with Crippen molar-refractivity contribution in [3.05, 3.63) is 70.0 Å². The van der Waals surface area contributed by atoms with Gasteiger partial charge in [0, 0.05) is 30.6 Å². The number of rotatable bonds is 4. The lowest BCUT2D eigenvalue weighted by Gasteiger charge is -2.07. The molecule has 4 nitrogen and oxygen atoms in total. The fraction of sp³-hybridized carbons (Fsp3) is 0.286. The molecule has 0 atom stereocenters. The van der Waals surface area contributed by atoms with E-state index in [2.05, 4.69) is 48.7 Å². The smallest absolute Gasteiger partial charge is 0.224 e. The molecule has 0 bridgehead atoms. The van der Waals surface area contributed by atoms with Gasteiger partial charge in [0.2, 0.25) is 5.91 Å². The number of nitrogens with one attached hydrogen (secondary N) is 2. The number of aryl methyl sites for hydroxylation is 2. The summed E-state index contributed by atoms with van der Waals surface area (Å²) in [5.74, 6) is 0.0135. The molecule has 25 heavy (non-hydrogen) atoms. The van der Waals surface area contributed by atoms with Gasteiger partial charge in [0.1, 0.15) is 5.58 Å². The van der Waals surface area contributed by atoms with Crippen LogP contribution in [0.2, 0.25) is 0 Å². The lowest BCUT2D eigenvalue weighted by atomic mass is 10.0. The second-order valence-corrected chi connectivity index (χ2v) is 6.85. The van der Waals surface area contributed by atoms with Crippen LogP contribution in [0.15, 0.2) is 41.0 Å². The Morgan fingerprint density at radius 1 is 1.12 bits per heavy atom. The molecule has 4 rings (SSSR count). The van der Waals surface area contributed by atoms with Crippen molar-refractivity contribution in [1.82, 2.24) is 10.6 Å². The van der Waals surface area contributed by atoms with E-state index >= 15 is 0 Å². The maximum atomic E-state index is 12.3. The molecule has 0 radical (unpaired) electrons. The molecular weight excluding hydrogens is 312 g/mol. The van der Waals surface area contributed by atoms with Crippen LogP contribution in [0.25, 0.3) is 11.0 Å². The first-order valence-electron chi connectivity index (χ1n) is 8.65. The third-order valence-electron chi connectivity index (χ3n) is 5.01. The van der Waals surface area contributed by atoms with Gasteiger partial charge in [-0.1, -0.05) is 18.2 Å². The fourth-order valence-corrected chi connectivity index (χ4v) is 3.37. The SMILES string of the molecule is Cc1cc2occ(CC(=O)NCc3ccc4c(c3)CNC4)c2cc1C. The molecule has 0 unspecified atom stereocenters. The van der Waals surface area contributed by atoms with E-state index < -0.39 is 0 Å². The van der Waals surface area contributed by atoms with Gasteiger partial charge in [-0.05, 0) is 53.8 Å². The number of fused-ring (bicyclic) bond motifs is 2. The summed E-state index contributed by atoms with van der Waals surface area (Å²) in [6, 6.07) is 10.5. The first-order chi connectivity index (χ1) is 12.1. The lowest BCUT2D eigenvalue weighted by Crippen LogP contribution is -2.24. The Labute approximate surface area is 147 Å². The number of benzene rings is 2. The Morgan fingerprint density at radius 3 is 2.80 bits per heavy atom. The average Bonchev–Trinajstić information content (AvgIpc) is 3.20. The Kier molecular flexibility index (Phi) is 4.06. The van der Waals surface area contributed by atoms with E-state index in [4.69, 9.17) is 4.42 Å². The zero-order chi connectivity index (χ0) is 17.4. The van der Waals surface area contributed by atoms with Gasteiger partial charge in [-0.15, -0.1) is 0 Å². The highest BCUT2D eigenvalue weighted by Gasteiger charge is 2.13. The Balaban J connectivity index is 1.43. The minimum atomic E-state index is 0.0135. The van der Waals surface area contributed by atoms with Gasteiger partial charge < -0.3 is 15.1 Å². The predicted molar refractivity (Wildman–Crippen MR) is 98.2 cm³/mol. The molecule has 1 aromatic heterocycles. The summed E-state index contributed by atoms with van der Waals surface area (Å²) < 4.78 is 5.61. The van der Waals surface area contributed by atoms with Gasteiger partial charge in [-0.2, -0.15) is 0 Å². The topological polar surface area (TPSA) is 54.3 Å². The molecule has 4 heteroatoms. The van der Waals surface area contributed by atoms with Crippen molar-refractivity contribution in [3.63, 3.8) is 0 Å². The van der Waals surface area contributed by atoms with Crippen molar-refractivity contribution >= 4 is 16.9 Å². The fourth-order valence-electron chi connectivity index (χ4n) is 3.37. The van der Waals surface area contributed by atoms with E-state index in [1.165, 1.54) is 22.3 Å². The summed E-state index contributed by atoms with van der Waals surface area (Å²) >= 11 is 0. The quantitative estimate of drug-likeness (QED) is 0.768. The van der Waals surface area contributed by atoms with Crippen LogP contribution >= 0.6 is 0 Å². The van der Waals surface area contributed by atoms with Crippen molar-refractivity contribution in [2.24, 2.45) is 0 Å². The Morgan fingerprint density at radius 2 is 1.92 bits per heavy atom. The summed E-state index contributed by atoms with van der Waals surface area (Å²) in [6.07, 6.45) is 2.03. The zero-order valence-corrected chi connectivity index (χ0v) is 14.6. The number of carbonyl (C=O) groups excluding carboxylic acids is 1. The normalized spacial score (nSPS) is 13.2. The number of carbonyl (C=O) groups is 1. The highest BCUT2D eigenvalue weighted by atomic mass is 16.3. The molecule has 0 fully saturated rings. The maximum Gasteiger partial charge on any atom is 0.224 e. The minimum Gasteiger partial charge on any atom is -0.464 e. The van der Waals surface area contributed by atoms with Crippen LogP contribution in [0.3, 0.4) is 0 Å². The van der Waals surface area contributed by atoms with E-state index in [9.17, 15) is 4.79 Å². The first kappa shape index (κ1) is 15.9. The summed E-state index contributed by atoms with van der Waals surface area (Å²) in [6.45, 7) is 6.55. The molecule has 0 saturated heterocycles. The summed E-state index contributed by atoms with van der Waals surface area (Å²) in [7, 11) is 0. The van der Waals surface area contributed by atoms with Crippen LogP contribution in [-0.2, 0) is 30.8 Å². The van der Waals surface area contributed by atoms with Crippen LogP contribution < -0.4 is 10.6 Å². The second kappa shape index (κ2) is 6.37. The van der Waals surface area contributed by atoms with E-state index in [0.717, 1.165) is 35.2 Å². The van der Waals surface area contributed by atoms with Crippen molar-refractivity contribution in [2.45, 2.75) is 39.9 Å². The Bertz CT molecular complexity index is 956. The van der Waals surface area contributed by atoms with Gasteiger partial charge in [0.15, 0.2) is 0 Å². The van der Waals surface area contributed by atoms with Gasteiger partial charge in [0.25, 0.3) is 0 Å². The van der Waals surface area contributed by atoms with Crippen LogP contribution in [0, 0.1) is 13.8 Å². The van der Waals surface area contributed by atoms with Crippen LogP contribution in [0.4, 0.5) is 0 Å². The highest BCUT2D eigenvalue weighted by molar-refractivity contribution is 5.88. The van der Waals surface area contributed by atoms with Crippen molar-refractivity contribution in [3.8, 4) is 0 Å². The molecule has 2 heterocycles. The van der Waals surface area contributed by atoms with Crippen molar-refractivity contribution in [2.75, 3.05) is 0 Å². The molecule has 0 aliphatic carbocycles. The number of hydrogen-bond donors (Lipinski definition) is 2. The number of amides is 1. The van der Waals surface area contributed by atoms with Gasteiger partial charge in [0.05, 0.1) is 12.7 Å². The molecular formula is C21H22N2O2. The molecule has 1 aliphatic heterocycles. The van der Waals surface area contributed by atoms with Crippen LogP contribution in [0.1, 0.15) is 33.4 Å². The van der Waals surface area contributed by atoms with E-state index in [1.54, 1.807) is 6.26 Å². The van der Waals surface area contributed by atoms with E-state index in [1.807, 2.05) is 6.07 Å². The average molecular weight is 334 g/mol. The van der Waals surface area contributed by atoms with Gasteiger partial charge in [-0.3, -0.25) is 4.79 Å². The molecule has 0 saturated carbocycles. The summed E-state index contributed by atoms with van der Waals surface area (Å²) in [5.41, 5.74) is 8.01. The molecule has 1 amide bonds. The molecule has 2 N–H and O–H groups in total. The summed E-state index contributed by atoms with van der Waals surface area (Å²) in [5, 5.41) is 7.38. The van der Waals surface area contributed by atoms with Crippen molar-refractivity contribution < 1.29 is 9.21 Å². The lowest BCUT2D eigenvalue weighted by molar-refractivity contribution is -0.120. The second-order valence-electron chi connectivity index (χ2n) is 6.85. The van der Waals surface area contributed by atoms with E-state index in [-0.39, 0.29) is 5.91 Å². The number of furan rings is 1. The Hall–Kier alpha value is -2.59. The standard InChI is InChI=1S/C21H22N2O2/c1-13-5-19-18(12-25-20(19)6-14(13)2)8-21(24)23-9-15-3-4-16-10-22-11-17(16)7-15/h3-7,12,22H,8-11H2,1-2H3,(H,23,24). The molecule has 3 aromatic rings. The van der Waals surface area contributed by atoms with Gasteiger partial charge >= 0.3 is 0 Å². The third kappa shape index (κ3) is 3.17. The first-order valence-corrected chi connectivity index (χ1v) is 8.65.